The number of carbonyl (C=O) groups is 2. The summed E-state index contributed by atoms with van der Waals surface area (Å²) in [5.41, 5.74) is 4.79. The highest BCUT2D eigenvalue weighted by atomic mass is 32.2. The zero-order chi connectivity index (χ0) is 19.2. The highest BCUT2D eigenvalue weighted by Crippen LogP contribution is 2.23. The largest absolute Gasteiger partial charge is 0.312 e. The number of amides is 2. The third-order valence-electron chi connectivity index (χ3n) is 4.19. The average Bonchev–Trinajstić information content (AvgIpc) is 3.11. The summed E-state index contributed by atoms with van der Waals surface area (Å²) in [6.07, 6.45) is 1.44. The second-order valence-electron chi connectivity index (χ2n) is 6.15. The van der Waals surface area contributed by atoms with Crippen molar-refractivity contribution in [2.45, 2.75) is 24.7 Å². The van der Waals surface area contributed by atoms with Crippen LogP contribution in [0.2, 0.25) is 0 Å². The summed E-state index contributed by atoms with van der Waals surface area (Å²) in [6, 6.07) is 13.9. The fraction of sp³-hybridized carbons (Fsp3) is 0.250. The van der Waals surface area contributed by atoms with Crippen LogP contribution < -0.4 is 10.3 Å². The van der Waals surface area contributed by atoms with E-state index in [0.717, 1.165) is 36.0 Å². The van der Waals surface area contributed by atoms with Crippen LogP contribution in [-0.2, 0) is 9.59 Å². The molecule has 140 valence electrons. The molecule has 5 nitrogen and oxygen atoms in total. The fourth-order valence-corrected chi connectivity index (χ4v) is 3.50. The molecule has 27 heavy (non-hydrogen) atoms. The molecule has 0 aromatic heterocycles. The van der Waals surface area contributed by atoms with Gasteiger partial charge in [-0.2, -0.15) is 5.10 Å². The number of halogens is 1. The van der Waals surface area contributed by atoms with Gasteiger partial charge in [-0.15, -0.1) is 11.8 Å². The predicted octanol–water partition coefficient (Wildman–Crippen LogP) is 3.59. The van der Waals surface area contributed by atoms with Crippen LogP contribution in [0, 0.1) is 5.82 Å². The van der Waals surface area contributed by atoms with Gasteiger partial charge in [0.1, 0.15) is 5.82 Å². The lowest BCUT2D eigenvalue weighted by Crippen LogP contribution is -2.24. The van der Waals surface area contributed by atoms with Gasteiger partial charge in [0.25, 0.3) is 0 Å². The average molecular weight is 385 g/mol. The number of rotatable bonds is 6. The van der Waals surface area contributed by atoms with Crippen LogP contribution >= 0.6 is 11.8 Å². The van der Waals surface area contributed by atoms with Crippen molar-refractivity contribution < 1.29 is 14.0 Å². The number of nitrogens with zero attached hydrogens (tertiary/aromatic N) is 2. The van der Waals surface area contributed by atoms with Crippen molar-refractivity contribution in [3.8, 4) is 0 Å². The van der Waals surface area contributed by atoms with Crippen LogP contribution in [0.15, 0.2) is 58.5 Å². The zero-order valence-electron chi connectivity index (χ0n) is 14.9. The summed E-state index contributed by atoms with van der Waals surface area (Å²) in [5.74, 6) is -0.461. The maximum atomic E-state index is 13.6. The number of anilines is 1. The van der Waals surface area contributed by atoms with E-state index in [2.05, 4.69) is 10.5 Å². The summed E-state index contributed by atoms with van der Waals surface area (Å²) in [7, 11) is 0. The summed E-state index contributed by atoms with van der Waals surface area (Å²) in [6.45, 7) is 2.51. The molecule has 1 aliphatic heterocycles. The molecule has 0 atom stereocenters. The maximum absolute atomic E-state index is 13.6. The van der Waals surface area contributed by atoms with Crippen molar-refractivity contribution in [2.75, 3.05) is 17.2 Å². The third-order valence-corrected chi connectivity index (χ3v) is 5.24. The Hall–Kier alpha value is -2.67. The van der Waals surface area contributed by atoms with E-state index < -0.39 is 0 Å². The van der Waals surface area contributed by atoms with E-state index in [0.29, 0.717) is 17.0 Å². The van der Waals surface area contributed by atoms with Crippen LogP contribution in [0.3, 0.4) is 0 Å². The van der Waals surface area contributed by atoms with E-state index in [1.54, 1.807) is 30.0 Å². The van der Waals surface area contributed by atoms with Crippen molar-refractivity contribution >= 4 is 35.0 Å². The molecule has 3 rings (SSSR count). The summed E-state index contributed by atoms with van der Waals surface area (Å²) >= 11 is 1.12. The van der Waals surface area contributed by atoms with Crippen LogP contribution in [0.1, 0.15) is 25.3 Å². The Balaban J connectivity index is 1.59. The molecule has 0 bridgehead atoms. The van der Waals surface area contributed by atoms with Crippen LogP contribution in [0.4, 0.5) is 10.1 Å². The van der Waals surface area contributed by atoms with Crippen LogP contribution in [0.25, 0.3) is 0 Å². The SMILES string of the molecule is C/C(=N/NC(=O)CSc1ccccc1F)c1cccc(N2CCCC2=O)c1. The maximum Gasteiger partial charge on any atom is 0.250 e. The number of carbonyl (C=O) groups excluding carboxylic acids is 2. The molecule has 1 saturated heterocycles. The van der Waals surface area contributed by atoms with Gasteiger partial charge in [0.05, 0.1) is 11.5 Å². The van der Waals surface area contributed by atoms with Gasteiger partial charge in [-0.05, 0) is 43.2 Å². The lowest BCUT2D eigenvalue weighted by Gasteiger charge is -2.16. The Morgan fingerprint density at radius 3 is 2.81 bits per heavy atom. The van der Waals surface area contributed by atoms with Crippen LogP contribution in [-0.4, -0.2) is 29.8 Å². The first-order chi connectivity index (χ1) is 13.0. The normalized spacial score (nSPS) is 14.5. The molecule has 0 radical (unpaired) electrons. The summed E-state index contributed by atoms with van der Waals surface area (Å²) < 4.78 is 13.6. The number of benzene rings is 2. The minimum atomic E-state index is -0.344. The van der Waals surface area contributed by atoms with E-state index in [-0.39, 0.29) is 23.4 Å². The molecule has 0 aliphatic carbocycles. The molecule has 1 aliphatic rings. The molecule has 2 aromatic carbocycles. The number of hydrazone groups is 1. The summed E-state index contributed by atoms with van der Waals surface area (Å²) in [5, 5.41) is 4.12. The molecule has 2 aromatic rings. The fourth-order valence-electron chi connectivity index (χ4n) is 2.77. The van der Waals surface area contributed by atoms with Gasteiger partial charge >= 0.3 is 0 Å². The van der Waals surface area contributed by atoms with Crippen molar-refractivity contribution in [1.29, 1.82) is 0 Å². The Bertz CT molecular complexity index is 885. The first-order valence-corrected chi connectivity index (χ1v) is 9.64. The molecule has 0 spiro atoms. The topological polar surface area (TPSA) is 61.8 Å². The molecule has 2 amide bonds. The van der Waals surface area contributed by atoms with Crippen molar-refractivity contribution in [3.63, 3.8) is 0 Å². The highest BCUT2D eigenvalue weighted by Gasteiger charge is 2.21. The third kappa shape index (κ3) is 4.95. The molecule has 7 heteroatoms. The van der Waals surface area contributed by atoms with E-state index in [1.165, 1.54) is 6.07 Å². The smallest absolute Gasteiger partial charge is 0.250 e. The van der Waals surface area contributed by atoms with Gasteiger partial charge in [-0.3, -0.25) is 9.59 Å². The minimum Gasteiger partial charge on any atom is -0.312 e. The monoisotopic (exact) mass is 385 g/mol. The molecular weight excluding hydrogens is 365 g/mol. The van der Waals surface area contributed by atoms with Gasteiger partial charge in [-0.25, -0.2) is 9.82 Å². The quantitative estimate of drug-likeness (QED) is 0.470. The Labute approximate surface area is 161 Å². The highest BCUT2D eigenvalue weighted by molar-refractivity contribution is 8.00. The van der Waals surface area contributed by atoms with E-state index in [1.807, 2.05) is 24.3 Å². The lowest BCUT2D eigenvalue weighted by molar-refractivity contribution is -0.118. The molecule has 1 fully saturated rings. The number of hydrogen-bond acceptors (Lipinski definition) is 4. The molecule has 0 saturated carbocycles. The molecule has 1 heterocycles. The van der Waals surface area contributed by atoms with Crippen molar-refractivity contribution in [2.24, 2.45) is 5.10 Å². The van der Waals surface area contributed by atoms with Gasteiger partial charge in [0.15, 0.2) is 0 Å². The second kappa shape index (κ2) is 8.81. The Kier molecular flexibility index (Phi) is 6.24. The van der Waals surface area contributed by atoms with Crippen molar-refractivity contribution in [3.05, 3.63) is 59.9 Å². The first kappa shape index (κ1) is 19.1. The lowest BCUT2D eigenvalue weighted by atomic mass is 10.1. The van der Waals surface area contributed by atoms with Crippen molar-refractivity contribution in [1.82, 2.24) is 5.43 Å². The second-order valence-corrected chi connectivity index (χ2v) is 7.17. The van der Waals surface area contributed by atoms with Gasteiger partial charge in [-0.1, -0.05) is 24.3 Å². The number of nitrogens with one attached hydrogen (secondary N) is 1. The number of hydrogen-bond donors (Lipinski definition) is 1. The van der Waals surface area contributed by atoms with Crippen LogP contribution in [0.5, 0.6) is 0 Å². The standard InChI is InChI=1S/C20H20FN3O2S/c1-14(15-6-4-7-16(12-15)24-11-5-10-20(24)26)22-23-19(25)13-27-18-9-3-2-8-17(18)21/h2-4,6-9,12H,5,10-11,13H2,1H3,(H,23,25)/b22-14-. The van der Waals surface area contributed by atoms with E-state index >= 15 is 0 Å². The Morgan fingerprint density at radius 2 is 2.07 bits per heavy atom. The van der Waals surface area contributed by atoms with Gasteiger partial charge in [0, 0.05) is 23.5 Å². The molecular formula is C20H20FN3O2S. The van der Waals surface area contributed by atoms with Gasteiger partial charge in [0.2, 0.25) is 11.8 Å². The predicted molar refractivity (Wildman–Crippen MR) is 106 cm³/mol. The van der Waals surface area contributed by atoms with E-state index in [4.69, 9.17) is 0 Å². The zero-order valence-corrected chi connectivity index (χ0v) is 15.8. The minimum absolute atomic E-state index is 0.0695. The Morgan fingerprint density at radius 1 is 1.26 bits per heavy atom. The molecule has 0 unspecified atom stereocenters. The van der Waals surface area contributed by atoms with E-state index in [9.17, 15) is 14.0 Å². The molecule has 1 N–H and O–H groups in total. The first-order valence-electron chi connectivity index (χ1n) is 8.66. The number of thioether (sulfide) groups is 1. The summed E-state index contributed by atoms with van der Waals surface area (Å²) in [4.78, 5) is 26.1. The van der Waals surface area contributed by atoms with Gasteiger partial charge < -0.3 is 4.90 Å².